The van der Waals surface area contributed by atoms with Gasteiger partial charge in [0.05, 0.1) is 11.3 Å². The number of carbonyl (C=O) groups excluding carboxylic acids is 2. The fraction of sp³-hybridized carbons (Fsp3) is 0.143. The quantitative estimate of drug-likeness (QED) is 0.431. The lowest BCUT2D eigenvalue weighted by Gasteiger charge is -2.15. The molecule has 0 saturated heterocycles. The molecule has 1 aromatic carbocycles. The molecule has 6 nitrogen and oxygen atoms in total. The number of Topliss-reactive ketones (excluding diaryl/α,β-unsaturated/α-hetero) is 2. The summed E-state index contributed by atoms with van der Waals surface area (Å²) in [6.45, 7) is 0. The highest BCUT2D eigenvalue weighted by atomic mass is 16.3. The van der Waals surface area contributed by atoms with E-state index >= 15 is 0 Å². The molecular weight excluding hydrogens is 344 g/mol. The van der Waals surface area contributed by atoms with E-state index in [0.29, 0.717) is 23.1 Å². The van der Waals surface area contributed by atoms with Gasteiger partial charge in [-0.1, -0.05) is 18.2 Å². The van der Waals surface area contributed by atoms with Crippen LogP contribution in [0, 0.1) is 0 Å². The van der Waals surface area contributed by atoms with E-state index in [1.54, 1.807) is 42.6 Å². The van der Waals surface area contributed by atoms with Gasteiger partial charge in [-0.2, -0.15) is 0 Å². The number of ketones is 2. The smallest absolute Gasteiger partial charge is 0.267 e. The van der Waals surface area contributed by atoms with Crippen molar-refractivity contribution in [2.75, 3.05) is 0 Å². The first-order valence-corrected chi connectivity index (χ1v) is 8.64. The normalized spacial score (nSPS) is 14.6. The predicted octanol–water partition coefficient (Wildman–Crippen LogP) is 2.98. The van der Waals surface area contributed by atoms with E-state index < -0.39 is 22.9 Å². The second kappa shape index (κ2) is 6.64. The third kappa shape index (κ3) is 2.85. The summed E-state index contributed by atoms with van der Waals surface area (Å²) < 4.78 is 1.37. The highest BCUT2D eigenvalue weighted by molar-refractivity contribution is 6.25. The average molecular weight is 360 g/mol. The summed E-state index contributed by atoms with van der Waals surface area (Å²) in [5, 5.41) is 11.3. The Morgan fingerprint density at radius 1 is 0.963 bits per heavy atom. The van der Waals surface area contributed by atoms with Gasteiger partial charge in [-0.15, -0.1) is 0 Å². The molecule has 1 N–H and O–H groups in total. The third-order valence-electron chi connectivity index (χ3n) is 4.63. The molecule has 0 aliphatic heterocycles. The van der Waals surface area contributed by atoms with Crippen LogP contribution in [0.4, 0.5) is 0 Å². The van der Waals surface area contributed by atoms with Gasteiger partial charge < -0.3 is 5.11 Å². The Bertz CT molecular complexity index is 1140. The number of hydrogen-bond donors (Lipinski definition) is 1. The maximum atomic E-state index is 13.2. The molecule has 1 aliphatic carbocycles. The highest BCUT2D eigenvalue weighted by Crippen LogP contribution is 2.25. The fourth-order valence-electron chi connectivity index (χ4n) is 3.34. The SMILES string of the molecule is O=C1CCCC(=O)C1=C(O)c1cc2cccnc2n(-c2ccccc2)c1=O. The first-order valence-electron chi connectivity index (χ1n) is 8.64. The number of para-hydroxylation sites is 1. The molecule has 2 heterocycles. The number of aromatic nitrogens is 2. The zero-order chi connectivity index (χ0) is 19.0. The molecular formula is C21H16N2O4. The Hall–Kier alpha value is -3.54. The van der Waals surface area contributed by atoms with E-state index in [1.165, 1.54) is 10.6 Å². The summed E-state index contributed by atoms with van der Waals surface area (Å²) in [6, 6.07) is 13.8. The summed E-state index contributed by atoms with van der Waals surface area (Å²) in [6.07, 6.45) is 2.41. The fourth-order valence-corrected chi connectivity index (χ4v) is 3.34. The number of hydrogen-bond acceptors (Lipinski definition) is 5. The second-order valence-electron chi connectivity index (χ2n) is 6.37. The van der Waals surface area contributed by atoms with Crippen LogP contribution in [0.25, 0.3) is 22.5 Å². The van der Waals surface area contributed by atoms with Crippen molar-refractivity contribution in [3.05, 3.63) is 76.2 Å². The lowest BCUT2D eigenvalue weighted by Crippen LogP contribution is -2.26. The van der Waals surface area contributed by atoms with Gasteiger partial charge in [0.1, 0.15) is 17.0 Å². The van der Waals surface area contributed by atoms with Crippen LogP contribution in [0.5, 0.6) is 0 Å². The lowest BCUT2D eigenvalue weighted by atomic mass is 9.90. The predicted molar refractivity (Wildman–Crippen MR) is 101 cm³/mol. The second-order valence-corrected chi connectivity index (χ2v) is 6.37. The average Bonchev–Trinajstić information content (AvgIpc) is 2.68. The number of fused-ring (bicyclic) bond motifs is 1. The molecule has 134 valence electrons. The minimum atomic E-state index is -0.551. The molecule has 4 rings (SSSR count). The number of aliphatic hydroxyl groups excluding tert-OH is 1. The maximum absolute atomic E-state index is 13.2. The molecule has 6 heteroatoms. The van der Waals surface area contributed by atoms with E-state index in [1.807, 2.05) is 6.07 Å². The van der Waals surface area contributed by atoms with Gasteiger partial charge in [0.15, 0.2) is 11.6 Å². The van der Waals surface area contributed by atoms with E-state index in [-0.39, 0.29) is 24.0 Å². The Labute approximate surface area is 154 Å². The Kier molecular flexibility index (Phi) is 4.16. The minimum Gasteiger partial charge on any atom is -0.506 e. The van der Waals surface area contributed by atoms with Crippen molar-refractivity contribution >= 4 is 28.4 Å². The van der Waals surface area contributed by atoms with Crippen molar-refractivity contribution < 1.29 is 14.7 Å². The number of pyridine rings is 2. The van der Waals surface area contributed by atoms with Gasteiger partial charge in [-0.3, -0.25) is 19.0 Å². The molecule has 0 bridgehead atoms. The monoisotopic (exact) mass is 360 g/mol. The molecule has 0 spiro atoms. The molecule has 0 unspecified atom stereocenters. The van der Waals surface area contributed by atoms with Crippen LogP contribution in [-0.2, 0) is 9.59 Å². The van der Waals surface area contributed by atoms with Crippen molar-refractivity contribution in [2.45, 2.75) is 19.3 Å². The number of allylic oxidation sites excluding steroid dienone is 1. The van der Waals surface area contributed by atoms with Gasteiger partial charge in [0, 0.05) is 24.4 Å². The van der Waals surface area contributed by atoms with Gasteiger partial charge >= 0.3 is 0 Å². The Balaban J connectivity index is 2.06. The van der Waals surface area contributed by atoms with Crippen LogP contribution in [-0.4, -0.2) is 26.2 Å². The minimum absolute atomic E-state index is 0.0852. The van der Waals surface area contributed by atoms with E-state index in [4.69, 9.17) is 0 Å². The van der Waals surface area contributed by atoms with Gasteiger partial charge in [-0.05, 0) is 36.8 Å². The Morgan fingerprint density at radius 2 is 1.67 bits per heavy atom. The molecule has 2 aromatic heterocycles. The van der Waals surface area contributed by atoms with Crippen LogP contribution in [0.15, 0.2) is 65.1 Å². The van der Waals surface area contributed by atoms with Crippen molar-refractivity contribution in [3.8, 4) is 5.69 Å². The number of aliphatic hydroxyl groups is 1. The molecule has 1 fully saturated rings. The van der Waals surface area contributed by atoms with Gasteiger partial charge in [-0.25, -0.2) is 4.98 Å². The number of benzene rings is 1. The number of carbonyl (C=O) groups is 2. The summed E-state index contributed by atoms with van der Waals surface area (Å²) in [4.78, 5) is 41.9. The standard InChI is InChI=1S/C21H16N2O4/c24-16-9-4-10-17(25)18(16)19(26)15-12-13-6-5-11-22-20(13)23(21(15)27)14-7-2-1-3-8-14/h1-3,5-8,11-12,26H,4,9-10H2. The molecule has 1 saturated carbocycles. The van der Waals surface area contributed by atoms with Crippen LogP contribution >= 0.6 is 0 Å². The van der Waals surface area contributed by atoms with Crippen molar-refractivity contribution in [1.82, 2.24) is 9.55 Å². The van der Waals surface area contributed by atoms with E-state index in [2.05, 4.69) is 4.98 Å². The zero-order valence-corrected chi connectivity index (χ0v) is 14.4. The first kappa shape index (κ1) is 16.9. The van der Waals surface area contributed by atoms with Gasteiger partial charge in [0.2, 0.25) is 0 Å². The van der Waals surface area contributed by atoms with Crippen molar-refractivity contribution in [3.63, 3.8) is 0 Å². The lowest BCUT2D eigenvalue weighted by molar-refractivity contribution is -0.123. The maximum Gasteiger partial charge on any atom is 0.267 e. The van der Waals surface area contributed by atoms with Crippen molar-refractivity contribution in [1.29, 1.82) is 0 Å². The molecule has 27 heavy (non-hydrogen) atoms. The van der Waals surface area contributed by atoms with Crippen LogP contribution in [0.3, 0.4) is 0 Å². The third-order valence-corrected chi connectivity index (χ3v) is 4.63. The van der Waals surface area contributed by atoms with E-state index in [9.17, 15) is 19.5 Å². The summed E-state index contributed by atoms with van der Waals surface area (Å²) in [5.41, 5.74) is 0.103. The Morgan fingerprint density at radius 3 is 2.37 bits per heavy atom. The molecule has 0 radical (unpaired) electrons. The highest BCUT2D eigenvalue weighted by Gasteiger charge is 2.29. The van der Waals surface area contributed by atoms with Gasteiger partial charge in [0.25, 0.3) is 5.56 Å². The zero-order valence-electron chi connectivity index (χ0n) is 14.4. The summed E-state index contributed by atoms with van der Waals surface area (Å²) >= 11 is 0. The summed E-state index contributed by atoms with van der Waals surface area (Å²) in [7, 11) is 0. The van der Waals surface area contributed by atoms with Crippen LogP contribution in [0.2, 0.25) is 0 Å². The molecule has 3 aromatic rings. The van der Waals surface area contributed by atoms with Crippen LogP contribution < -0.4 is 5.56 Å². The summed E-state index contributed by atoms with van der Waals surface area (Å²) in [5.74, 6) is -1.41. The van der Waals surface area contributed by atoms with E-state index in [0.717, 1.165) is 0 Å². The topological polar surface area (TPSA) is 89.3 Å². The van der Waals surface area contributed by atoms with Crippen molar-refractivity contribution in [2.24, 2.45) is 0 Å². The first-order chi connectivity index (χ1) is 13.1. The molecule has 1 aliphatic rings. The number of nitrogens with zero attached hydrogens (tertiary/aromatic N) is 2. The molecule has 0 atom stereocenters. The largest absolute Gasteiger partial charge is 0.506 e. The van der Waals surface area contributed by atoms with Crippen LogP contribution in [0.1, 0.15) is 24.8 Å². The molecule has 0 amide bonds. The number of rotatable bonds is 2.